The number of carboxylic acid groups (broad SMARTS) is 1. The summed E-state index contributed by atoms with van der Waals surface area (Å²) < 4.78 is 5.42. The zero-order valence-electron chi connectivity index (χ0n) is 13.2. The van der Waals surface area contributed by atoms with Gasteiger partial charge in [-0.05, 0) is 30.4 Å². The summed E-state index contributed by atoms with van der Waals surface area (Å²) in [5, 5.41) is 9.10. The third-order valence-corrected chi connectivity index (χ3v) is 4.00. The molecule has 0 saturated carbocycles. The van der Waals surface area contributed by atoms with E-state index in [0.29, 0.717) is 5.92 Å². The lowest BCUT2D eigenvalue weighted by atomic mass is 9.79. The summed E-state index contributed by atoms with van der Waals surface area (Å²) in [4.78, 5) is 11.1. The summed E-state index contributed by atoms with van der Waals surface area (Å²) in [7, 11) is 1.63. The third-order valence-electron chi connectivity index (χ3n) is 4.00. The second kappa shape index (κ2) is 6.78. The summed E-state index contributed by atoms with van der Waals surface area (Å²) in [6.45, 7) is 8.27. The topological polar surface area (TPSA) is 46.5 Å². The van der Waals surface area contributed by atoms with E-state index in [0.717, 1.165) is 24.2 Å². The number of benzene rings is 1. The Bertz CT molecular complexity index is 459. The molecule has 0 bridgehead atoms. The van der Waals surface area contributed by atoms with Crippen LogP contribution in [-0.4, -0.2) is 18.2 Å². The van der Waals surface area contributed by atoms with Gasteiger partial charge in [-0.15, -0.1) is 0 Å². The number of carbonyl (C=O) groups is 1. The van der Waals surface area contributed by atoms with Gasteiger partial charge in [-0.3, -0.25) is 4.79 Å². The van der Waals surface area contributed by atoms with Crippen molar-refractivity contribution in [2.24, 2.45) is 0 Å². The van der Waals surface area contributed by atoms with Crippen molar-refractivity contribution in [1.29, 1.82) is 0 Å². The molecule has 1 N–H and O–H groups in total. The Morgan fingerprint density at radius 1 is 1.30 bits per heavy atom. The maximum atomic E-state index is 11.1. The fraction of sp³-hybridized carbons (Fsp3) is 0.588. The predicted octanol–water partition coefficient (Wildman–Crippen LogP) is 4.35. The molecular weight excluding hydrogens is 252 g/mol. The number of carboxylic acids is 1. The molecule has 1 aromatic carbocycles. The second-order valence-corrected chi connectivity index (χ2v) is 5.93. The Kier molecular flexibility index (Phi) is 5.61. The minimum absolute atomic E-state index is 0.0930. The molecule has 0 spiro atoms. The largest absolute Gasteiger partial charge is 0.496 e. The van der Waals surface area contributed by atoms with Crippen molar-refractivity contribution in [2.75, 3.05) is 7.11 Å². The van der Waals surface area contributed by atoms with Crippen molar-refractivity contribution < 1.29 is 14.6 Å². The normalized spacial score (nSPS) is 11.7. The van der Waals surface area contributed by atoms with E-state index in [1.165, 1.54) is 5.56 Å². The molecule has 0 aliphatic carbocycles. The molecule has 0 aromatic heterocycles. The van der Waals surface area contributed by atoms with Gasteiger partial charge in [0, 0.05) is 11.0 Å². The van der Waals surface area contributed by atoms with E-state index < -0.39 is 11.4 Å². The Hall–Kier alpha value is -1.51. The molecule has 0 fully saturated rings. The lowest BCUT2D eigenvalue weighted by molar-refractivity contribution is -0.138. The summed E-state index contributed by atoms with van der Waals surface area (Å²) in [5.41, 5.74) is 1.80. The van der Waals surface area contributed by atoms with Crippen LogP contribution in [-0.2, 0) is 10.2 Å². The average Bonchev–Trinajstić information content (AvgIpc) is 2.38. The van der Waals surface area contributed by atoms with Crippen LogP contribution in [0.25, 0.3) is 0 Å². The Balaban J connectivity index is 3.27. The molecule has 0 heterocycles. The first-order valence-corrected chi connectivity index (χ1v) is 7.25. The van der Waals surface area contributed by atoms with Gasteiger partial charge in [0.15, 0.2) is 0 Å². The average molecular weight is 278 g/mol. The first-order chi connectivity index (χ1) is 9.35. The Morgan fingerprint density at radius 3 is 2.35 bits per heavy atom. The van der Waals surface area contributed by atoms with Gasteiger partial charge in [0.25, 0.3) is 0 Å². The van der Waals surface area contributed by atoms with E-state index in [1.807, 2.05) is 19.9 Å². The van der Waals surface area contributed by atoms with Crippen LogP contribution in [0.4, 0.5) is 0 Å². The van der Waals surface area contributed by atoms with E-state index in [-0.39, 0.29) is 6.42 Å². The molecule has 0 unspecified atom stereocenters. The van der Waals surface area contributed by atoms with Crippen LogP contribution in [0.5, 0.6) is 5.75 Å². The molecular formula is C17H26O3. The number of ether oxygens (including phenoxy) is 1. The van der Waals surface area contributed by atoms with Crippen LogP contribution < -0.4 is 4.74 Å². The summed E-state index contributed by atoms with van der Waals surface area (Å²) in [6, 6.07) is 6.18. The highest BCUT2D eigenvalue weighted by Gasteiger charge is 2.28. The molecule has 112 valence electrons. The van der Waals surface area contributed by atoms with Crippen molar-refractivity contribution in [1.82, 2.24) is 0 Å². The smallest absolute Gasteiger partial charge is 0.304 e. The molecule has 0 aliphatic heterocycles. The van der Waals surface area contributed by atoms with Gasteiger partial charge in [-0.25, -0.2) is 0 Å². The molecule has 0 aliphatic rings. The van der Waals surface area contributed by atoms with Crippen LogP contribution in [0.2, 0.25) is 0 Å². The van der Waals surface area contributed by atoms with E-state index in [1.54, 1.807) is 7.11 Å². The fourth-order valence-electron chi connectivity index (χ4n) is 2.74. The van der Waals surface area contributed by atoms with Crippen LogP contribution >= 0.6 is 0 Å². The second-order valence-electron chi connectivity index (χ2n) is 5.93. The van der Waals surface area contributed by atoms with Crippen molar-refractivity contribution in [3.63, 3.8) is 0 Å². The van der Waals surface area contributed by atoms with Gasteiger partial charge in [0.05, 0.1) is 13.5 Å². The predicted molar refractivity (Wildman–Crippen MR) is 81.6 cm³/mol. The first-order valence-electron chi connectivity index (χ1n) is 7.25. The van der Waals surface area contributed by atoms with Gasteiger partial charge >= 0.3 is 5.97 Å². The lowest BCUT2D eigenvalue weighted by Crippen LogP contribution is -2.23. The number of rotatable bonds is 7. The standard InChI is InChI=1S/C17H26O3/c1-6-12(7-2)13-8-9-15(20-5)14(10-13)17(3,4)11-16(18)19/h8-10,12H,6-7,11H2,1-5H3,(H,18,19). The molecule has 0 radical (unpaired) electrons. The zero-order chi connectivity index (χ0) is 15.3. The highest BCUT2D eigenvalue weighted by molar-refractivity contribution is 5.69. The number of aliphatic carboxylic acids is 1. The SMILES string of the molecule is CCC(CC)c1ccc(OC)c(C(C)(C)CC(=O)O)c1. The van der Waals surface area contributed by atoms with Gasteiger partial charge in [-0.1, -0.05) is 39.8 Å². The van der Waals surface area contributed by atoms with E-state index in [9.17, 15) is 4.79 Å². The van der Waals surface area contributed by atoms with Gasteiger partial charge in [0.1, 0.15) is 5.75 Å². The molecule has 20 heavy (non-hydrogen) atoms. The molecule has 1 aromatic rings. The summed E-state index contributed by atoms with van der Waals surface area (Å²) in [6.07, 6.45) is 2.26. The van der Waals surface area contributed by atoms with Crippen molar-refractivity contribution in [3.05, 3.63) is 29.3 Å². The van der Waals surface area contributed by atoms with Gasteiger partial charge in [0.2, 0.25) is 0 Å². The van der Waals surface area contributed by atoms with E-state index in [2.05, 4.69) is 26.0 Å². The lowest BCUT2D eigenvalue weighted by Gasteiger charge is -2.27. The van der Waals surface area contributed by atoms with E-state index in [4.69, 9.17) is 9.84 Å². The molecule has 3 nitrogen and oxygen atoms in total. The minimum atomic E-state index is -0.787. The quantitative estimate of drug-likeness (QED) is 0.806. The molecule has 0 atom stereocenters. The molecule has 1 rings (SSSR count). The van der Waals surface area contributed by atoms with Crippen LogP contribution in [0.15, 0.2) is 18.2 Å². The summed E-state index contributed by atoms with van der Waals surface area (Å²) in [5.74, 6) is 0.497. The van der Waals surface area contributed by atoms with Gasteiger partial charge < -0.3 is 9.84 Å². The number of hydrogen-bond donors (Lipinski definition) is 1. The minimum Gasteiger partial charge on any atom is -0.496 e. The van der Waals surface area contributed by atoms with Crippen molar-refractivity contribution in [2.45, 2.75) is 58.3 Å². The third kappa shape index (κ3) is 3.75. The van der Waals surface area contributed by atoms with Crippen LogP contribution in [0.3, 0.4) is 0 Å². The van der Waals surface area contributed by atoms with Crippen molar-refractivity contribution in [3.8, 4) is 5.75 Å². The Labute approximate surface area is 122 Å². The number of methoxy groups -OCH3 is 1. The molecule has 0 saturated heterocycles. The monoisotopic (exact) mass is 278 g/mol. The first kappa shape index (κ1) is 16.5. The molecule has 0 amide bonds. The maximum absolute atomic E-state index is 11.1. The highest BCUT2D eigenvalue weighted by Crippen LogP contribution is 2.37. The highest BCUT2D eigenvalue weighted by atomic mass is 16.5. The van der Waals surface area contributed by atoms with Gasteiger partial charge in [-0.2, -0.15) is 0 Å². The van der Waals surface area contributed by atoms with Crippen LogP contribution in [0.1, 0.15) is 64.0 Å². The fourth-order valence-corrected chi connectivity index (χ4v) is 2.74. The number of hydrogen-bond acceptors (Lipinski definition) is 2. The van der Waals surface area contributed by atoms with E-state index >= 15 is 0 Å². The summed E-state index contributed by atoms with van der Waals surface area (Å²) >= 11 is 0. The molecule has 3 heteroatoms. The maximum Gasteiger partial charge on any atom is 0.304 e. The van der Waals surface area contributed by atoms with Crippen LogP contribution in [0, 0.1) is 0 Å². The zero-order valence-corrected chi connectivity index (χ0v) is 13.2. The Morgan fingerprint density at radius 2 is 1.90 bits per heavy atom. The van der Waals surface area contributed by atoms with Crippen molar-refractivity contribution >= 4 is 5.97 Å².